The van der Waals surface area contributed by atoms with Crippen LogP contribution in [0.1, 0.15) is 49.4 Å². The number of carbonyl (C=O) groups excluding carboxylic acids is 1. The van der Waals surface area contributed by atoms with E-state index in [1.165, 1.54) is 0 Å². The van der Waals surface area contributed by atoms with Crippen molar-refractivity contribution in [2.45, 2.75) is 57.2 Å². The van der Waals surface area contributed by atoms with Crippen molar-refractivity contribution in [2.24, 2.45) is 0 Å². The first-order chi connectivity index (χ1) is 12.6. The van der Waals surface area contributed by atoms with E-state index in [0.717, 1.165) is 31.1 Å². The third-order valence-corrected chi connectivity index (χ3v) is 4.93. The molecule has 1 aromatic heterocycles. The lowest BCUT2D eigenvalue weighted by atomic mass is 9.93. The highest BCUT2D eigenvalue weighted by Gasteiger charge is 2.20. The maximum Gasteiger partial charge on any atom is 0.253 e. The number of anilines is 1. The largest absolute Gasteiger partial charge is 0.394 e. The average Bonchev–Trinajstić information content (AvgIpc) is 2.67. The number of aliphatic hydroxyl groups excluding tert-OH is 2. The van der Waals surface area contributed by atoms with Gasteiger partial charge in [0.25, 0.3) is 5.91 Å². The fourth-order valence-corrected chi connectivity index (χ4v) is 3.25. The molecular weight excluding hydrogens is 332 g/mol. The maximum absolute atomic E-state index is 12.6. The number of benzene rings is 1. The predicted molar refractivity (Wildman–Crippen MR) is 100 cm³/mol. The van der Waals surface area contributed by atoms with Crippen LogP contribution in [0.4, 0.5) is 5.95 Å². The molecule has 1 unspecified atom stereocenters. The van der Waals surface area contributed by atoms with Gasteiger partial charge in [0.1, 0.15) is 0 Å². The van der Waals surface area contributed by atoms with Crippen LogP contribution in [-0.4, -0.2) is 50.9 Å². The van der Waals surface area contributed by atoms with Crippen molar-refractivity contribution in [3.63, 3.8) is 0 Å². The average molecular weight is 358 g/mol. The first-order valence-electron chi connectivity index (χ1n) is 9.22. The SMILES string of the molecule is CCC(CO)NC(=O)c1cccc2cnc(NC3CCC(O)CC3)nc12. The van der Waals surface area contributed by atoms with Gasteiger partial charge in [-0.3, -0.25) is 4.79 Å². The number of amides is 1. The van der Waals surface area contributed by atoms with Crippen LogP contribution in [0.2, 0.25) is 0 Å². The van der Waals surface area contributed by atoms with E-state index in [1.807, 2.05) is 13.0 Å². The molecule has 1 heterocycles. The first kappa shape index (κ1) is 18.5. The Morgan fingerprint density at radius 1 is 1.31 bits per heavy atom. The first-order valence-corrected chi connectivity index (χ1v) is 9.22. The number of hydrogen-bond acceptors (Lipinski definition) is 6. The van der Waals surface area contributed by atoms with Crippen LogP contribution in [0.3, 0.4) is 0 Å². The van der Waals surface area contributed by atoms with Gasteiger partial charge in [-0.1, -0.05) is 19.1 Å². The summed E-state index contributed by atoms with van der Waals surface area (Å²) in [6.45, 7) is 1.82. The van der Waals surface area contributed by atoms with E-state index in [9.17, 15) is 15.0 Å². The molecule has 0 bridgehead atoms. The van der Waals surface area contributed by atoms with Gasteiger partial charge in [-0.25, -0.2) is 9.97 Å². The Balaban J connectivity index is 1.82. The highest BCUT2D eigenvalue weighted by Crippen LogP contribution is 2.23. The van der Waals surface area contributed by atoms with E-state index in [2.05, 4.69) is 20.6 Å². The molecule has 7 nitrogen and oxygen atoms in total. The third kappa shape index (κ3) is 4.28. The Morgan fingerprint density at radius 2 is 2.08 bits per heavy atom. The van der Waals surface area contributed by atoms with Crippen LogP contribution < -0.4 is 10.6 Å². The topological polar surface area (TPSA) is 107 Å². The Labute approximate surface area is 152 Å². The molecule has 1 saturated carbocycles. The van der Waals surface area contributed by atoms with Crippen LogP contribution in [0.5, 0.6) is 0 Å². The van der Waals surface area contributed by atoms with Gasteiger partial charge in [0, 0.05) is 17.6 Å². The highest BCUT2D eigenvalue weighted by molar-refractivity contribution is 6.05. The van der Waals surface area contributed by atoms with Gasteiger partial charge in [-0.15, -0.1) is 0 Å². The zero-order valence-electron chi connectivity index (χ0n) is 15.0. The summed E-state index contributed by atoms with van der Waals surface area (Å²) in [4.78, 5) is 21.5. The number of nitrogens with zero attached hydrogens (tertiary/aromatic N) is 2. The quantitative estimate of drug-likeness (QED) is 0.628. The molecule has 26 heavy (non-hydrogen) atoms. The van der Waals surface area contributed by atoms with Gasteiger partial charge in [0.05, 0.1) is 29.8 Å². The molecule has 3 rings (SSSR count). The summed E-state index contributed by atoms with van der Waals surface area (Å²) in [6.07, 6.45) is 5.46. The summed E-state index contributed by atoms with van der Waals surface area (Å²) in [5, 5.41) is 25.9. The molecule has 1 atom stereocenters. The number of nitrogens with one attached hydrogen (secondary N) is 2. The van der Waals surface area contributed by atoms with E-state index in [0.29, 0.717) is 23.4 Å². The molecule has 7 heteroatoms. The van der Waals surface area contributed by atoms with E-state index in [-0.39, 0.29) is 30.7 Å². The molecule has 4 N–H and O–H groups in total. The minimum atomic E-state index is -0.272. The standard InChI is InChI=1S/C19H26N4O3/c1-2-13(11-24)21-18(26)16-5-3-4-12-10-20-19(23-17(12)16)22-14-6-8-15(25)9-7-14/h3-5,10,13-15,24-25H,2,6-9,11H2,1H3,(H,21,26)(H,20,22,23). The Morgan fingerprint density at radius 3 is 2.77 bits per heavy atom. The lowest BCUT2D eigenvalue weighted by molar-refractivity contribution is 0.0916. The van der Waals surface area contributed by atoms with Crippen molar-refractivity contribution in [1.82, 2.24) is 15.3 Å². The summed E-state index contributed by atoms with van der Waals surface area (Å²) in [7, 11) is 0. The third-order valence-electron chi connectivity index (χ3n) is 4.93. The molecule has 140 valence electrons. The van der Waals surface area contributed by atoms with Crippen LogP contribution in [-0.2, 0) is 0 Å². The number of aromatic nitrogens is 2. The van der Waals surface area contributed by atoms with Crippen molar-refractivity contribution in [3.8, 4) is 0 Å². The van der Waals surface area contributed by atoms with E-state index >= 15 is 0 Å². The summed E-state index contributed by atoms with van der Waals surface area (Å²) >= 11 is 0. The molecule has 0 radical (unpaired) electrons. The van der Waals surface area contributed by atoms with Crippen molar-refractivity contribution >= 4 is 22.8 Å². The lowest BCUT2D eigenvalue weighted by Crippen LogP contribution is -2.37. The van der Waals surface area contributed by atoms with Crippen molar-refractivity contribution in [3.05, 3.63) is 30.0 Å². The minimum Gasteiger partial charge on any atom is -0.394 e. The van der Waals surface area contributed by atoms with Gasteiger partial charge < -0.3 is 20.8 Å². The molecule has 1 aromatic carbocycles. The predicted octanol–water partition coefficient (Wildman–Crippen LogP) is 1.85. The van der Waals surface area contributed by atoms with Gasteiger partial charge in [-0.2, -0.15) is 0 Å². The Hall–Kier alpha value is -2.25. The summed E-state index contributed by atoms with van der Waals surface area (Å²) < 4.78 is 0. The molecule has 0 saturated heterocycles. The van der Waals surface area contributed by atoms with E-state index in [1.54, 1.807) is 18.3 Å². The van der Waals surface area contributed by atoms with Gasteiger partial charge in [0.15, 0.2) is 0 Å². The van der Waals surface area contributed by atoms with E-state index < -0.39 is 0 Å². The molecule has 1 aliphatic rings. The number of carbonyl (C=O) groups is 1. The smallest absolute Gasteiger partial charge is 0.253 e. The van der Waals surface area contributed by atoms with Crippen LogP contribution in [0.15, 0.2) is 24.4 Å². The zero-order chi connectivity index (χ0) is 18.5. The van der Waals surface area contributed by atoms with Crippen molar-refractivity contribution in [1.29, 1.82) is 0 Å². The molecule has 0 spiro atoms. The molecule has 2 aromatic rings. The second-order valence-corrected chi connectivity index (χ2v) is 6.85. The zero-order valence-corrected chi connectivity index (χ0v) is 15.0. The second-order valence-electron chi connectivity index (χ2n) is 6.85. The highest BCUT2D eigenvalue weighted by atomic mass is 16.3. The number of hydrogen-bond donors (Lipinski definition) is 4. The van der Waals surface area contributed by atoms with Gasteiger partial charge >= 0.3 is 0 Å². The number of para-hydroxylation sites is 1. The Kier molecular flexibility index (Phi) is 6.00. The maximum atomic E-state index is 12.6. The number of fused-ring (bicyclic) bond motifs is 1. The van der Waals surface area contributed by atoms with Gasteiger partial charge in [-0.05, 0) is 38.2 Å². The molecular formula is C19H26N4O3. The summed E-state index contributed by atoms with van der Waals surface area (Å²) in [5.74, 6) is 0.246. The van der Waals surface area contributed by atoms with Crippen LogP contribution in [0, 0.1) is 0 Å². The fraction of sp³-hybridized carbons (Fsp3) is 0.526. The number of aliphatic hydroxyl groups is 2. The summed E-state index contributed by atoms with van der Waals surface area (Å²) in [6, 6.07) is 5.36. The lowest BCUT2D eigenvalue weighted by Gasteiger charge is -2.26. The molecule has 1 amide bonds. The van der Waals surface area contributed by atoms with E-state index in [4.69, 9.17) is 0 Å². The molecule has 0 aliphatic heterocycles. The summed E-state index contributed by atoms with van der Waals surface area (Å²) in [5.41, 5.74) is 1.06. The van der Waals surface area contributed by atoms with Crippen molar-refractivity contribution < 1.29 is 15.0 Å². The van der Waals surface area contributed by atoms with Crippen LogP contribution >= 0.6 is 0 Å². The second kappa shape index (κ2) is 8.42. The van der Waals surface area contributed by atoms with Crippen LogP contribution in [0.25, 0.3) is 10.9 Å². The Bertz CT molecular complexity index is 756. The molecule has 1 fully saturated rings. The normalized spacial score (nSPS) is 21.3. The molecule has 1 aliphatic carbocycles. The monoisotopic (exact) mass is 358 g/mol. The van der Waals surface area contributed by atoms with Crippen molar-refractivity contribution in [2.75, 3.05) is 11.9 Å². The number of rotatable bonds is 6. The fourth-order valence-electron chi connectivity index (χ4n) is 3.25. The van der Waals surface area contributed by atoms with Gasteiger partial charge in [0.2, 0.25) is 5.95 Å². The minimum absolute atomic E-state index is 0.0949.